The molecule has 27 heavy (non-hydrogen) atoms. The molecular weight excluding hydrogens is 334 g/mol. The van der Waals surface area contributed by atoms with Crippen LogP contribution in [0.4, 0.5) is 5.69 Å². The van der Waals surface area contributed by atoms with E-state index in [9.17, 15) is 4.79 Å². The zero-order chi connectivity index (χ0) is 18.5. The third kappa shape index (κ3) is 4.51. The van der Waals surface area contributed by atoms with Crippen molar-refractivity contribution in [2.24, 2.45) is 0 Å². The minimum atomic E-state index is 0.272. The van der Waals surface area contributed by atoms with Gasteiger partial charge in [0.15, 0.2) is 0 Å². The fourth-order valence-electron chi connectivity index (χ4n) is 4.35. The highest BCUT2D eigenvalue weighted by Crippen LogP contribution is 2.21. The van der Waals surface area contributed by atoms with E-state index in [1.807, 2.05) is 30.3 Å². The maximum atomic E-state index is 12.6. The minimum absolute atomic E-state index is 0.272. The molecular formula is C23H29N3O. The van der Waals surface area contributed by atoms with Gasteiger partial charge in [-0.1, -0.05) is 48.5 Å². The molecule has 2 fully saturated rings. The van der Waals surface area contributed by atoms with Gasteiger partial charge in [0.05, 0.1) is 6.42 Å². The molecule has 2 aromatic carbocycles. The molecule has 2 heterocycles. The van der Waals surface area contributed by atoms with E-state index in [2.05, 4.69) is 45.0 Å². The predicted octanol–water partition coefficient (Wildman–Crippen LogP) is 3.04. The summed E-state index contributed by atoms with van der Waals surface area (Å²) in [6.45, 7) is 6.23. The van der Waals surface area contributed by atoms with Gasteiger partial charge in [0.25, 0.3) is 0 Å². The lowest BCUT2D eigenvalue weighted by Crippen LogP contribution is -2.54. The molecule has 1 amide bonds. The van der Waals surface area contributed by atoms with Gasteiger partial charge >= 0.3 is 0 Å². The molecule has 142 valence electrons. The average Bonchev–Trinajstić information content (AvgIpc) is 2.75. The Kier molecular flexibility index (Phi) is 5.73. The van der Waals surface area contributed by atoms with E-state index in [1.54, 1.807) is 0 Å². The van der Waals surface area contributed by atoms with Gasteiger partial charge in [0.1, 0.15) is 0 Å². The summed E-state index contributed by atoms with van der Waals surface area (Å²) >= 11 is 0. The predicted molar refractivity (Wildman–Crippen MR) is 110 cm³/mol. The number of amides is 1. The van der Waals surface area contributed by atoms with Crippen LogP contribution in [0.5, 0.6) is 0 Å². The average molecular weight is 364 g/mol. The first-order valence-electron chi connectivity index (χ1n) is 10.2. The second kappa shape index (κ2) is 8.57. The zero-order valence-corrected chi connectivity index (χ0v) is 16.0. The Morgan fingerprint density at radius 2 is 1.37 bits per heavy atom. The van der Waals surface area contributed by atoms with Crippen molar-refractivity contribution in [1.29, 1.82) is 0 Å². The smallest absolute Gasteiger partial charge is 0.226 e. The van der Waals surface area contributed by atoms with E-state index in [-0.39, 0.29) is 5.91 Å². The lowest BCUT2D eigenvalue weighted by molar-refractivity contribution is -0.132. The number of piperazine rings is 1. The summed E-state index contributed by atoms with van der Waals surface area (Å²) in [6.07, 6.45) is 2.74. The van der Waals surface area contributed by atoms with Crippen molar-refractivity contribution in [3.63, 3.8) is 0 Å². The van der Waals surface area contributed by atoms with E-state index in [0.717, 1.165) is 57.7 Å². The Morgan fingerprint density at radius 1 is 0.778 bits per heavy atom. The lowest BCUT2D eigenvalue weighted by Gasteiger charge is -2.43. The summed E-state index contributed by atoms with van der Waals surface area (Å²) in [5.41, 5.74) is 2.44. The van der Waals surface area contributed by atoms with Crippen LogP contribution in [0, 0.1) is 0 Å². The first kappa shape index (κ1) is 18.1. The Balaban J connectivity index is 1.23. The normalized spacial score (nSPS) is 19.3. The molecule has 0 bridgehead atoms. The van der Waals surface area contributed by atoms with Crippen LogP contribution in [0.2, 0.25) is 0 Å². The van der Waals surface area contributed by atoms with Crippen LogP contribution in [0.25, 0.3) is 0 Å². The van der Waals surface area contributed by atoms with Gasteiger partial charge in [-0.3, -0.25) is 9.69 Å². The molecule has 0 aliphatic carbocycles. The molecule has 4 rings (SSSR count). The molecule has 0 spiro atoms. The van der Waals surface area contributed by atoms with Crippen LogP contribution in [0.3, 0.4) is 0 Å². The number of piperidine rings is 1. The number of hydrogen-bond acceptors (Lipinski definition) is 3. The lowest BCUT2D eigenvalue weighted by atomic mass is 10.0. The van der Waals surface area contributed by atoms with Crippen LogP contribution in [-0.4, -0.2) is 61.0 Å². The topological polar surface area (TPSA) is 26.8 Å². The van der Waals surface area contributed by atoms with E-state index < -0.39 is 0 Å². The van der Waals surface area contributed by atoms with Gasteiger partial charge < -0.3 is 9.80 Å². The fraction of sp³-hybridized carbons (Fsp3) is 0.435. The number of nitrogens with zero attached hydrogens (tertiary/aromatic N) is 3. The second-order valence-corrected chi connectivity index (χ2v) is 7.63. The van der Waals surface area contributed by atoms with Crippen LogP contribution in [-0.2, 0) is 11.2 Å². The summed E-state index contributed by atoms with van der Waals surface area (Å²) in [6, 6.07) is 21.4. The summed E-state index contributed by atoms with van der Waals surface area (Å²) in [7, 11) is 0. The maximum Gasteiger partial charge on any atom is 0.226 e. The van der Waals surface area contributed by atoms with Gasteiger partial charge in [0, 0.05) is 51.0 Å². The molecule has 0 atom stereocenters. The number of rotatable bonds is 4. The van der Waals surface area contributed by atoms with Gasteiger partial charge in [-0.2, -0.15) is 0 Å². The van der Waals surface area contributed by atoms with Gasteiger partial charge in [-0.25, -0.2) is 0 Å². The largest absolute Gasteiger partial charge is 0.369 e. The molecule has 0 N–H and O–H groups in total. The first-order chi connectivity index (χ1) is 13.3. The number of carbonyl (C=O) groups excluding carboxylic acids is 1. The standard InChI is InChI=1S/C23H29N3O/c27-23(19-20-7-3-1-4-8-20)26-13-11-22(12-14-26)25-17-15-24(16-18-25)21-9-5-2-6-10-21/h1-10,22H,11-19H2. The van der Waals surface area contributed by atoms with E-state index in [0.29, 0.717) is 12.5 Å². The zero-order valence-electron chi connectivity index (χ0n) is 16.0. The van der Waals surface area contributed by atoms with Crippen LogP contribution < -0.4 is 4.90 Å². The number of para-hydroxylation sites is 1. The second-order valence-electron chi connectivity index (χ2n) is 7.63. The monoisotopic (exact) mass is 363 g/mol. The first-order valence-corrected chi connectivity index (χ1v) is 10.2. The van der Waals surface area contributed by atoms with Crippen LogP contribution in [0.15, 0.2) is 60.7 Å². The SMILES string of the molecule is O=C(Cc1ccccc1)N1CCC(N2CCN(c3ccccc3)CC2)CC1. The van der Waals surface area contributed by atoms with Gasteiger partial charge in [-0.05, 0) is 30.5 Å². The molecule has 0 radical (unpaired) electrons. The summed E-state index contributed by atoms with van der Waals surface area (Å²) in [4.78, 5) is 19.7. The van der Waals surface area contributed by atoms with Crippen molar-refractivity contribution in [2.75, 3.05) is 44.2 Å². The molecule has 2 aromatic rings. The highest BCUT2D eigenvalue weighted by Gasteiger charge is 2.29. The fourth-order valence-corrected chi connectivity index (χ4v) is 4.35. The quantitative estimate of drug-likeness (QED) is 0.835. The van der Waals surface area contributed by atoms with Crippen LogP contribution >= 0.6 is 0 Å². The number of carbonyl (C=O) groups is 1. The van der Waals surface area contributed by atoms with Gasteiger partial charge in [0.2, 0.25) is 5.91 Å². The van der Waals surface area contributed by atoms with E-state index in [4.69, 9.17) is 0 Å². The van der Waals surface area contributed by atoms with Gasteiger partial charge in [-0.15, -0.1) is 0 Å². The maximum absolute atomic E-state index is 12.6. The highest BCUT2D eigenvalue weighted by atomic mass is 16.2. The minimum Gasteiger partial charge on any atom is -0.369 e. The Labute approximate surface area is 162 Å². The van der Waals surface area contributed by atoms with E-state index in [1.165, 1.54) is 5.69 Å². The van der Waals surface area contributed by atoms with Crippen molar-refractivity contribution < 1.29 is 4.79 Å². The van der Waals surface area contributed by atoms with Crippen molar-refractivity contribution in [3.05, 3.63) is 66.2 Å². The number of benzene rings is 2. The highest BCUT2D eigenvalue weighted by molar-refractivity contribution is 5.78. The molecule has 4 nitrogen and oxygen atoms in total. The van der Waals surface area contributed by atoms with Crippen molar-refractivity contribution >= 4 is 11.6 Å². The van der Waals surface area contributed by atoms with Crippen molar-refractivity contribution in [2.45, 2.75) is 25.3 Å². The molecule has 0 unspecified atom stereocenters. The Hall–Kier alpha value is -2.33. The Morgan fingerprint density at radius 3 is 2.00 bits per heavy atom. The number of hydrogen-bond donors (Lipinski definition) is 0. The molecule has 2 saturated heterocycles. The third-order valence-electron chi connectivity index (χ3n) is 5.97. The molecule has 2 aliphatic rings. The number of anilines is 1. The van der Waals surface area contributed by atoms with E-state index >= 15 is 0 Å². The molecule has 2 aliphatic heterocycles. The van der Waals surface area contributed by atoms with Crippen LogP contribution in [0.1, 0.15) is 18.4 Å². The summed E-state index contributed by atoms with van der Waals surface area (Å²) in [5.74, 6) is 0.272. The summed E-state index contributed by atoms with van der Waals surface area (Å²) < 4.78 is 0. The number of likely N-dealkylation sites (tertiary alicyclic amines) is 1. The van der Waals surface area contributed by atoms with Crippen molar-refractivity contribution in [3.8, 4) is 0 Å². The Bertz CT molecular complexity index is 718. The summed E-state index contributed by atoms with van der Waals surface area (Å²) in [5, 5.41) is 0. The third-order valence-corrected chi connectivity index (χ3v) is 5.97. The molecule has 4 heteroatoms. The molecule has 0 aromatic heterocycles. The van der Waals surface area contributed by atoms with Crippen molar-refractivity contribution in [1.82, 2.24) is 9.80 Å². The molecule has 0 saturated carbocycles.